The lowest BCUT2D eigenvalue weighted by Gasteiger charge is -2.07. The first-order valence-electron chi connectivity index (χ1n) is 9.42. The van der Waals surface area contributed by atoms with Crippen molar-refractivity contribution < 1.29 is 9.47 Å². The number of nitrogens with zero attached hydrogens (tertiary/aromatic N) is 3. The van der Waals surface area contributed by atoms with E-state index in [0.717, 1.165) is 33.6 Å². The molecule has 2 heterocycles. The SMILES string of the molecule is COCCOCc1cccc(-c2ccc3nc(-c4cccc(C#N)c4)cn3c2)c1. The molecule has 5 heteroatoms. The monoisotopic (exact) mass is 383 g/mol. The number of nitriles is 1. The third-order valence-corrected chi connectivity index (χ3v) is 4.70. The Kier molecular flexibility index (Phi) is 5.66. The fourth-order valence-electron chi connectivity index (χ4n) is 3.22. The quantitative estimate of drug-likeness (QED) is 0.434. The Hall–Kier alpha value is -3.46. The van der Waals surface area contributed by atoms with Crippen LogP contribution in [0.3, 0.4) is 0 Å². The number of rotatable bonds is 7. The van der Waals surface area contributed by atoms with Crippen molar-refractivity contribution in [1.29, 1.82) is 5.26 Å². The molecule has 0 aliphatic heterocycles. The van der Waals surface area contributed by atoms with E-state index < -0.39 is 0 Å². The van der Waals surface area contributed by atoms with Gasteiger partial charge >= 0.3 is 0 Å². The van der Waals surface area contributed by atoms with Crippen LogP contribution in [0.25, 0.3) is 28.0 Å². The summed E-state index contributed by atoms with van der Waals surface area (Å²) in [5.41, 5.74) is 6.63. The normalized spacial score (nSPS) is 10.9. The Morgan fingerprint density at radius 1 is 0.931 bits per heavy atom. The number of methoxy groups -OCH3 is 1. The Bertz CT molecular complexity index is 1170. The highest BCUT2D eigenvalue weighted by atomic mass is 16.5. The first kappa shape index (κ1) is 18.9. The fraction of sp³-hybridized carbons (Fsp3) is 0.167. The maximum Gasteiger partial charge on any atom is 0.137 e. The molecule has 0 fully saturated rings. The standard InChI is InChI=1S/C24H21N3O2/c1-28-10-11-29-17-19-5-3-6-20(13-19)22-8-9-24-26-23(16-27(24)15-22)21-7-2-4-18(12-21)14-25/h2-9,12-13,15-16H,10-11,17H2,1H3. The van der Waals surface area contributed by atoms with E-state index in [1.807, 2.05) is 40.9 Å². The topological polar surface area (TPSA) is 59.5 Å². The van der Waals surface area contributed by atoms with Gasteiger partial charge in [0.1, 0.15) is 5.65 Å². The highest BCUT2D eigenvalue weighted by Gasteiger charge is 2.07. The van der Waals surface area contributed by atoms with E-state index >= 15 is 0 Å². The van der Waals surface area contributed by atoms with Crippen molar-refractivity contribution in [3.8, 4) is 28.5 Å². The third-order valence-electron chi connectivity index (χ3n) is 4.70. The van der Waals surface area contributed by atoms with Crippen LogP contribution in [-0.2, 0) is 16.1 Å². The summed E-state index contributed by atoms with van der Waals surface area (Å²) in [4.78, 5) is 4.69. The van der Waals surface area contributed by atoms with Crippen LogP contribution in [0.15, 0.2) is 73.1 Å². The first-order valence-corrected chi connectivity index (χ1v) is 9.42. The molecule has 0 N–H and O–H groups in total. The van der Waals surface area contributed by atoms with Crippen LogP contribution in [0.5, 0.6) is 0 Å². The molecule has 4 rings (SSSR count). The summed E-state index contributed by atoms with van der Waals surface area (Å²) in [6, 6.07) is 22.1. The summed E-state index contributed by atoms with van der Waals surface area (Å²) in [6.07, 6.45) is 4.07. The molecule has 0 aliphatic carbocycles. The number of hydrogen-bond donors (Lipinski definition) is 0. The lowest BCUT2D eigenvalue weighted by Crippen LogP contribution is -2.01. The molecular weight excluding hydrogens is 362 g/mol. The third kappa shape index (κ3) is 4.35. The predicted octanol–water partition coefficient (Wildman–Crippen LogP) is 4.70. The van der Waals surface area contributed by atoms with Crippen LogP contribution in [0.2, 0.25) is 0 Å². The van der Waals surface area contributed by atoms with Crippen LogP contribution in [0.4, 0.5) is 0 Å². The van der Waals surface area contributed by atoms with Gasteiger partial charge in [-0.3, -0.25) is 0 Å². The van der Waals surface area contributed by atoms with Crippen molar-refractivity contribution in [3.05, 3.63) is 84.2 Å². The van der Waals surface area contributed by atoms with Gasteiger partial charge in [-0.05, 0) is 47.0 Å². The molecule has 5 nitrogen and oxygen atoms in total. The number of imidazole rings is 1. The van der Waals surface area contributed by atoms with Gasteiger partial charge in [0.2, 0.25) is 0 Å². The molecule has 0 radical (unpaired) electrons. The second-order valence-electron chi connectivity index (χ2n) is 6.75. The molecule has 0 unspecified atom stereocenters. The van der Waals surface area contributed by atoms with Gasteiger partial charge in [-0.15, -0.1) is 0 Å². The van der Waals surface area contributed by atoms with E-state index in [2.05, 4.69) is 36.5 Å². The summed E-state index contributed by atoms with van der Waals surface area (Å²) in [5, 5.41) is 9.12. The number of benzene rings is 2. The van der Waals surface area contributed by atoms with E-state index in [1.54, 1.807) is 13.2 Å². The molecule has 29 heavy (non-hydrogen) atoms. The van der Waals surface area contributed by atoms with Gasteiger partial charge in [-0.1, -0.05) is 30.3 Å². The van der Waals surface area contributed by atoms with Crippen LogP contribution in [0, 0.1) is 11.3 Å². The Morgan fingerprint density at radius 2 is 1.79 bits per heavy atom. The van der Waals surface area contributed by atoms with Crippen LogP contribution >= 0.6 is 0 Å². The van der Waals surface area contributed by atoms with E-state index in [9.17, 15) is 0 Å². The van der Waals surface area contributed by atoms with Gasteiger partial charge in [-0.25, -0.2) is 4.98 Å². The molecule has 2 aromatic heterocycles. The molecule has 0 bridgehead atoms. The van der Waals surface area contributed by atoms with Crippen molar-refractivity contribution >= 4 is 5.65 Å². The Morgan fingerprint density at radius 3 is 2.66 bits per heavy atom. The molecule has 144 valence electrons. The second kappa shape index (κ2) is 8.70. The molecule has 0 amide bonds. The number of fused-ring (bicyclic) bond motifs is 1. The Labute approximate surface area is 169 Å². The van der Waals surface area contributed by atoms with Gasteiger partial charge in [0.05, 0.1) is 37.1 Å². The zero-order valence-corrected chi connectivity index (χ0v) is 16.2. The van der Waals surface area contributed by atoms with Crippen molar-refractivity contribution in [2.75, 3.05) is 20.3 Å². The van der Waals surface area contributed by atoms with Crippen molar-refractivity contribution in [1.82, 2.24) is 9.38 Å². The number of aromatic nitrogens is 2. The van der Waals surface area contributed by atoms with Gasteiger partial charge in [0, 0.05) is 25.1 Å². The summed E-state index contributed by atoms with van der Waals surface area (Å²) < 4.78 is 12.7. The van der Waals surface area contributed by atoms with Crippen molar-refractivity contribution in [3.63, 3.8) is 0 Å². The van der Waals surface area contributed by atoms with Gasteiger partial charge in [-0.2, -0.15) is 5.26 Å². The van der Waals surface area contributed by atoms with Gasteiger partial charge in [0.15, 0.2) is 0 Å². The summed E-state index contributed by atoms with van der Waals surface area (Å²) in [7, 11) is 1.67. The zero-order valence-electron chi connectivity index (χ0n) is 16.2. The van der Waals surface area contributed by atoms with Crippen LogP contribution in [0.1, 0.15) is 11.1 Å². The second-order valence-corrected chi connectivity index (χ2v) is 6.75. The van der Waals surface area contributed by atoms with Gasteiger partial charge in [0.25, 0.3) is 0 Å². The van der Waals surface area contributed by atoms with Gasteiger partial charge < -0.3 is 13.9 Å². The molecule has 0 spiro atoms. The highest BCUT2D eigenvalue weighted by molar-refractivity contribution is 5.68. The lowest BCUT2D eigenvalue weighted by atomic mass is 10.1. The largest absolute Gasteiger partial charge is 0.382 e. The predicted molar refractivity (Wildman–Crippen MR) is 112 cm³/mol. The molecule has 0 saturated heterocycles. The van der Waals surface area contributed by atoms with Crippen LogP contribution in [-0.4, -0.2) is 29.7 Å². The average molecular weight is 383 g/mol. The number of hydrogen-bond acceptors (Lipinski definition) is 4. The van der Waals surface area contributed by atoms with E-state index in [4.69, 9.17) is 19.7 Å². The van der Waals surface area contributed by atoms with Crippen LogP contribution < -0.4 is 0 Å². The number of pyridine rings is 1. The van der Waals surface area contributed by atoms with E-state index in [1.165, 1.54) is 0 Å². The minimum absolute atomic E-state index is 0.559. The molecule has 0 atom stereocenters. The minimum atomic E-state index is 0.559. The molecule has 4 aromatic rings. The van der Waals surface area contributed by atoms with E-state index in [-0.39, 0.29) is 0 Å². The first-order chi connectivity index (χ1) is 14.3. The molecule has 0 saturated carbocycles. The maximum absolute atomic E-state index is 9.12. The molecule has 0 aliphatic rings. The van der Waals surface area contributed by atoms with Crippen molar-refractivity contribution in [2.45, 2.75) is 6.61 Å². The van der Waals surface area contributed by atoms with E-state index in [0.29, 0.717) is 25.4 Å². The average Bonchev–Trinajstić information content (AvgIpc) is 3.20. The highest BCUT2D eigenvalue weighted by Crippen LogP contribution is 2.25. The Balaban J connectivity index is 1.60. The summed E-state index contributed by atoms with van der Waals surface area (Å²) >= 11 is 0. The maximum atomic E-state index is 9.12. The molecular formula is C24H21N3O2. The summed E-state index contributed by atoms with van der Waals surface area (Å²) in [6.45, 7) is 1.73. The smallest absolute Gasteiger partial charge is 0.137 e. The lowest BCUT2D eigenvalue weighted by molar-refractivity contribution is 0.0617. The molecule has 2 aromatic carbocycles. The zero-order chi connectivity index (χ0) is 20.1. The fourth-order valence-corrected chi connectivity index (χ4v) is 3.22. The number of ether oxygens (including phenoxy) is 2. The minimum Gasteiger partial charge on any atom is -0.382 e. The van der Waals surface area contributed by atoms with Crippen molar-refractivity contribution in [2.24, 2.45) is 0 Å². The summed E-state index contributed by atoms with van der Waals surface area (Å²) in [5.74, 6) is 0.